The Labute approximate surface area is 99.4 Å². The van der Waals surface area contributed by atoms with Crippen molar-refractivity contribution in [3.63, 3.8) is 0 Å². The van der Waals surface area contributed by atoms with Crippen molar-refractivity contribution in [1.82, 2.24) is 5.32 Å². The van der Waals surface area contributed by atoms with E-state index in [4.69, 9.17) is 17.3 Å². The number of phenols is 1. The van der Waals surface area contributed by atoms with Gasteiger partial charge in [-0.05, 0) is 37.6 Å². The van der Waals surface area contributed by atoms with Crippen molar-refractivity contribution < 1.29 is 9.90 Å². The van der Waals surface area contributed by atoms with E-state index in [9.17, 15) is 9.90 Å². The Morgan fingerprint density at radius 1 is 1.44 bits per heavy atom. The molecule has 0 aliphatic heterocycles. The van der Waals surface area contributed by atoms with Crippen LogP contribution in [0, 0.1) is 0 Å². The van der Waals surface area contributed by atoms with Crippen LogP contribution in [0.15, 0.2) is 18.2 Å². The normalized spacial score (nSPS) is 10.1. The summed E-state index contributed by atoms with van der Waals surface area (Å²) in [6.07, 6.45) is 1.74. The summed E-state index contributed by atoms with van der Waals surface area (Å²) in [4.78, 5) is 11.6. The molecule has 0 aliphatic carbocycles. The Morgan fingerprint density at radius 3 is 2.81 bits per heavy atom. The lowest BCUT2D eigenvalue weighted by atomic mass is 10.2. The van der Waals surface area contributed by atoms with Gasteiger partial charge >= 0.3 is 0 Å². The second kappa shape index (κ2) is 6.35. The second-order valence-corrected chi connectivity index (χ2v) is 3.83. The maximum atomic E-state index is 11.6. The van der Waals surface area contributed by atoms with Gasteiger partial charge in [0.15, 0.2) is 0 Å². The number of amides is 1. The molecule has 1 aromatic carbocycles. The summed E-state index contributed by atoms with van der Waals surface area (Å²) < 4.78 is 0. The molecule has 0 saturated heterocycles. The molecule has 0 radical (unpaired) electrons. The van der Waals surface area contributed by atoms with E-state index in [2.05, 4.69) is 5.32 Å². The molecule has 88 valence electrons. The zero-order valence-electron chi connectivity index (χ0n) is 8.87. The molecule has 0 atom stereocenters. The molecule has 0 aliphatic rings. The highest BCUT2D eigenvalue weighted by molar-refractivity contribution is 6.32. The third kappa shape index (κ3) is 3.72. The number of nitrogens with two attached hydrogens (primary N) is 1. The molecular formula is C11H15ClN2O2. The minimum absolute atomic E-state index is 0.0265. The van der Waals surface area contributed by atoms with Gasteiger partial charge in [0.1, 0.15) is 5.75 Å². The highest BCUT2D eigenvalue weighted by atomic mass is 35.5. The molecule has 0 heterocycles. The topological polar surface area (TPSA) is 75.3 Å². The molecule has 0 aromatic heterocycles. The Balaban J connectivity index is 2.50. The smallest absolute Gasteiger partial charge is 0.251 e. The average molecular weight is 243 g/mol. The van der Waals surface area contributed by atoms with Crippen LogP contribution in [0.1, 0.15) is 23.2 Å². The van der Waals surface area contributed by atoms with Crippen LogP contribution in [0.4, 0.5) is 0 Å². The van der Waals surface area contributed by atoms with Gasteiger partial charge in [-0.1, -0.05) is 11.6 Å². The third-order valence-corrected chi connectivity index (χ3v) is 2.43. The number of carbonyl (C=O) groups is 1. The number of phenolic OH excluding ortho intramolecular Hbond substituents is 1. The van der Waals surface area contributed by atoms with Crippen molar-refractivity contribution in [2.24, 2.45) is 5.73 Å². The van der Waals surface area contributed by atoms with Gasteiger partial charge in [0.05, 0.1) is 5.02 Å². The van der Waals surface area contributed by atoms with E-state index in [1.165, 1.54) is 18.2 Å². The van der Waals surface area contributed by atoms with Gasteiger partial charge in [0, 0.05) is 12.1 Å². The van der Waals surface area contributed by atoms with E-state index in [1.54, 1.807) is 0 Å². The van der Waals surface area contributed by atoms with Crippen molar-refractivity contribution in [2.45, 2.75) is 12.8 Å². The number of benzene rings is 1. The molecule has 0 spiro atoms. The Bertz CT molecular complexity index is 369. The van der Waals surface area contributed by atoms with E-state index in [-0.39, 0.29) is 16.7 Å². The van der Waals surface area contributed by atoms with Gasteiger partial charge < -0.3 is 16.2 Å². The fourth-order valence-corrected chi connectivity index (χ4v) is 1.40. The van der Waals surface area contributed by atoms with Gasteiger partial charge in [0.25, 0.3) is 5.91 Å². The average Bonchev–Trinajstić information content (AvgIpc) is 2.28. The SMILES string of the molecule is NCCCCNC(=O)c1ccc(O)c(Cl)c1. The van der Waals surface area contributed by atoms with Gasteiger partial charge in [-0.2, -0.15) is 0 Å². The molecule has 0 bridgehead atoms. The molecule has 4 N–H and O–H groups in total. The van der Waals surface area contributed by atoms with Crippen LogP contribution in [-0.4, -0.2) is 24.1 Å². The number of hydrogen-bond acceptors (Lipinski definition) is 3. The van der Waals surface area contributed by atoms with Crippen LogP contribution in [0.2, 0.25) is 5.02 Å². The van der Waals surface area contributed by atoms with Crippen molar-refractivity contribution in [2.75, 3.05) is 13.1 Å². The van der Waals surface area contributed by atoms with Crippen LogP contribution in [0.5, 0.6) is 5.75 Å². The number of aromatic hydroxyl groups is 1. The maximum absolute atomic E-state index is 11.6. The van der Waals surface area contributed by atoms with Crippen LogP contribution in [-0.2, 0) is 0 Å². The predicted octanol–water partition coefficient (Wildman–Crippen LogP) is 1.51. The molecule has 4 nitrogen and oxygen atoms in total. The van der Waals surface area contributed by atoms with Crippen LogP contribution >= 0.6 is 11.6 Å². The molecule has 0 saturated carbocycles. The van der Waals surface area contributed by atoms with E-state index in [0.29, 0.717) is 18.7 Å². The van der Waals surface area contributed by atoms with Gasteiger partial charge in [-0.3, -0.25) is 4.79 Å². The molecule has 0 unspecified atom stereocenters. The van der Waals surface area contributed by atoms with E-state index < -0.39 is 0 Å². The van der Waals surface area contributed by atoms with Crippen molar-refractivity contribution in [1.29, 1.82) is 0 Å². The standard InChI is InChI=1S/C11H15ClN2O2/c12-9-7-8(3-4-10(9)15)11(16)14-6-2-1-5-13/h3-4,7,15H,1-2,5-6,13H2,(H,14,16). The summed E-state index contributed by atoms with van der Waals surface area (Å²) in [6.45, 7) is 1.22. The number of halogens is 1. The molecule has 1 rings (SSSR count). The number of hydrogen-bond donors (Lipinski definition) is 3. The second-order valence-electron chi connectivity index (χ2n) is 3.42. The van der Waals surface area contributed by atoms with Gasteiger partial charge in [0.2, 0.25) is 0 Å². The fourth-order valence-electron chi connectivity index (χ4n) is 1.22. The quantitative estimate of drug-likeness (QED) is 0.686. The minimum atomic E-state index is -0.195. The molecule has 0 fully saturated rings. The Morgan fingerprint density at radius 2 is 2.19 bits per heavy atom. The first-order valence-electron chi connectivity index (χ1n) is 5.12. The van der Waals surface area contributed by atoms with Crippen LogP contribution in [0.3, 0.4) is 0 Å². The summed E-state index contributed by atoms with van der Waals surface area (Å²) in [6, 6.07) is 4.37. The lowest BCUT2D eigenvalue weighted by molar-refractivity contribution is 0.0953. The zero-order valence-corrected chi connectivity index (χ0v) is 9.63. The number of carbonyl (C=O) groups excluding carboxylic acids is 1. The molecule has 5 heteroatoms. The largest absolute Gasteiger partial charge is 0.506 e. The number of nitrogens with one attached hydrogen (secondary N) is 1. The lowest BCUT2D eigenvalue weighted by Gasteiger charge is -2.05. The van der Waals surface area contributed by atoms with E-state index >= 15 is 0 Å². The highest BCUT2D eigenvalue weighted by Crippen LogP contribution is 2.23. The highest BCUT2D eigenvalue weighted by Gasteiger charge is 2.07. The summed E-state index contributed by atoms with van der Waals surface area (Å²) in [5.74, 6) is -0.222. The first-order chi connectivity index (χ1) is 7.65. The van der Waals surface area contributed by atoms with Gasteiger partial charge in [-0.25, -0.2) is 0 Å². The maximum Gasteiger partial charge on any atom is 0.251 e. The monoisotopic (exact) mass is 242 g/mol. The summed E-state index contributed by atoms with van der Waals surface area (Å²) in [7, 11) is 0. The Kier molecular flexibility index (Phi) is 5.08. The summed E-state index contributed by atoms with van der Waals surface area (Å²) >= 11 is 5.70. The van der Waals surface area contributed by atoms with E-state index in [0.717, 1.165) is 12.8 Å². The van der Waals surface area contributed by atoms with E-state index in [1.807, 2.05) is 0 Å². The van der Waals surface area contributed by atoms with Crippen molar-refractivity contribution >= 4 is 17.5 Å². The molecular weight excluding hydrogens is 228 g/mol. The van der Waals surface area contributed by atoms with Crippen molar-refractivity contribution in [3.05, 3.63) is 28.8 Å². The van der Waals surface area contributed by atoms with Gasteiger partial charge in [-0.15, -0.1) is 0 Å². The Hall–Kier alpha value is -1.26. The number of rotatable bonds is 5. The lowest BCUT2D eigenvalue weighted by Crippen LogP contribution is -2.24. The zero-order chi connectivity index (χ0) is 12.0. The third-order valence-electron chi connectivity index (χ3n) is 2.13. The van der Waals surface area contributed by atoms with Crippen LogP contribution in [0.25, 0.3) is 0 Å². The molecule has 1 aromatic rings. The minimum Gasteiger partial charge on any atom is -0.506 e. The van der Waals surface area contributed by atoms with Crippen molar-refractivity contribution in [3.8, 4) is 5.75 Å². The summed E-state index contributed by atoms with van der Waals surface area (Å²) in [5, 5.41) is 12.1. The fraction of sp³-hybridized carbons (Fsp3) is 0.364. The summed E-state index contributed by atoms with van der Waals surface area (Å²) in [5.41, 5.74) is 5.78. The number of unbranched alkanes of at least 4 members (excludes halogenated alkanes) is 1. The molecule has 16 heavy (non-hydrogen) atoms. The van der Waals surface area contributed by atoms with Crippen LogP contribution < -0.4 is 11.1 Å². The first kappa shape index (κ1) is 12.8. The first-order valence-corrected chi connectivity index (χ1v) is 5.49. The molecule has 1 amide bonds. The predicted molar refractivity (Wildman–Crippen MR) is 63.7 cm³/mol.